The molecule has 3 rings (SSSR count). The predicted molar refractivity (Wildman–Crippen MR) is 87.6 cm³/mol. The third-order valence-corrected chi connectivity index (χ3v) is 4.10. The third kappa shape index (κ3) is 4.89. The monoisotopic (exact) mass is 320 g/mol. The van der Waals surface area contributed by atoms with Crippen LogP contribution < -0.4 is 10.6 Å². The summed E-state index contributed by atoms with van der Waals surface area (Å²) in [6.07, 6.45) is 3.14. The second kappa shape index (κ2) is 8.24. The highest BCUT2D eigenvalue weighted by molar-refractivity contribution is 5.93. The molecule has 3 heterocycles. The summed E-state index contributed by atoms with van der Waals surface area (Å²) in [7, 11) is 0. The van der Waals surface area contributed by atoms with Gasteiger partial charge in [0.15, 0.2) is 0 Å². The van der Waals surface area contributed by atoms with E-state index in [9.17, 15) is 4.79 Å². The number of carbonyl (C=O) groups excluding carboxylic acids is 1. The van der Waals surface area contributed by atoms with Crippen molar-refractivity contribution < 1.29 is 14.3 Å². The van der Waals surface area contributed by atoms with Gasteiger partial charge in [0.05, 0.1) is 25.1 Å². The van der Waals surface area contributed by atoms with E-state index in [1.165, 1.54) is 0 Å². The summed E-state index contributed by atoms with van der Waals surface area (Å²) in [6, 6.07) is 3.74. The van der Waals surface area contributed by atoms with Gasteiger partial charge in [-0.1, -0.05) is 0 Å². The van der Waals surface area contributed by atoms with Crippen molar-refractivity contribution in [1.29, 1.82) is 0 Å². The van der Waals surface area contributed by atoms with E-state index >= 15 is 0 Å². The highest BCUT2D eigenvalue weighted by atomic mass is 16.5. The van der Waals surface area contributed by atoms with Crippen LogP contribution in [-0.2, 0) is 14.3 Å². The molecule has 0 bridgehead atoms. The van der Waals surface area contributed by atoms with Gasteiger partial charge in [0.25, 0.3) is 5.91 Å². The van der Waals surface area contributed by atoms with Crippen LogP contribution in [0.1, 0.15) is 12.8 Å². The van der Waals surface area contributed by atoms with Gasteiger partial charge < -0.3 is 20.1 Å². The Morgan fingerprint density at radius 3 is 2.87 bits per heavy atom. The van der Waals surface area contributed by atoms with Crippen LogP contribution in [0.4, 0.5) is 11.5 Å². The van der Waals surface area contributed by atoms with Crippen molar-refractivity contribution in [2.45, 2.75) is 18.9 Å². The fourth-order valence-corrected chi connectivity index (χ4v) is 2.75. The van der Waals surface area contributed by atoms with Crippen molar-refractivity contribution >= 4 is 17.4 Å². The molecule has 0 radical (unpaired) electrons. The molecule has 1 atom stereocenters. The molecule has 0 saturated carbocycles. The van der Waals surface area contributed by atoms with Crippen LogP contribution in [-0.4, -0.2) is 67.9 Å². The van der Waals surface area contributed by atoms with Crippen LogP contribution in [0, 0.1) is 0 Å². The zero-order valence-electron chi connectivity index (χ0n) is 13.3. The number of morpholine rings is 1. The summed E-state index contributed by atoms with van der Waals surface area (Å²) < 4.78 is 10.7. The van der Waals surface area contributed by atoms with Crippen LogP contribution in [0.15, 0.2) is 18.3 Å². The Labute approximate surface area is 136 Å². The molecule has 2 aliphatic rings. The van der Waals surface area contributed by atoms with Crippen LogP contribution in [0.2, 0.25) is 0 Å². The number of anilines is 2. The first kappa shape index (κ1) is 16.2. The van der Waals surface area contributed by atoms with Gasteiger partial charge in [-0.15, -0.1) is 0 Å². The number of carbonyl (C=O) groups is 1. The Kier molecular flexibility index (Phi) is 5.79. The number of hydrogen-bond donors (Lipinski definition) is 2. The first-order valence-corrected chi connectivity index (χ1v) is 8.24. The van der Waals surface area contributed by atoms with Crippen LogP contribution in [0.5, 0.6) is 0 Å². The predicted octanol–water partition coefficient (Wildman–Crippen LogP) is 0.943. The summed E-state index contributed by atoms with van der Waals surface area (Å²) >= 11 is 0. The van der Waals surface area contributed by atoms with Gasteiger partial charge in [0.2, 0.25) is 0 Å². The Morgan fingerprint density at radius 1 is 1.30 bits per heavy atom. The molecule has 2 saturated heterocycles. The molecular weight excluding hydrogens is 296 g/mol. The molecule has 7 heteroatoms. The number of amides is 1. The summed E-state index contributed by atoms with van der Waals surface area (Å²) in [4.78, 5) is 18.6. The molecule has 2 fully saturated rings. The van der Waals surface area contributed by atoms with Gasteiger partial charge >= 0.3 is 0 Å². The van der Waals surface area contributed by atoms with Gasteiger partial charge in [-0.2, -0.15) is 0 Å². The SMILES string of the molecule is O=C(Nc1ccc(NCCN2CCOCC2)cn1)C1CCCO1. The maximum absolute atomic E-state index is 11.9. The topological polar surface area (TPSA) is 75.7 Å². The first-order valence-electron chi connectivity index (χ1n) is 8.24. The third-order valence-electron chi connectivity index (χ3n) is 4.10. The summed E-state index contributed by atoms with van der Waals surface area (Å²) in [5.74, 6) is 0.451. The van der Waals surface area contributed by atoms with Crippen molar-refractivity contribution in [2.24, 2.45) is 0 Å². The maximum Gasteiger partial charge on any atom is 0.254 e. The van der Waals surface area contributed by atoms with Gasteiger partial charge in [-0.25, -0.2) is 4.98 Å². The highest BCUT2D eigenvalue weighted by Gasteiger charge is 2.23. The second-order valence-electron chi connectivity index (χ2n) is 5.80. The molecule has 7 nitrogen and oxygen atoms in total. The quantitative estimate of drug-likeness (QED) is 0.812. The number of nitrogens with zero attached hydrogens (tertiary/aromatic N) is 2. The van der Waals surface area contributed by atoms with Gasteiger partial charge in [-0.05, 0) is 25.0 Å². The van der Waals surface area contributed by atoms with Crippen molar-refractivity contribution in [2.75, 3.05) is 56.6 Å². The zero-order chi connectivity index (χ0) is 15.9. The second-order valence-corrected chi connectivity index (χ2v) is 5.80. The van der Waals surface area contributed by atoms with Crippen LogP contribution in [0.3, 0.4) is 0 Å². The standard InChI is InChI=1S/C16H24N4O3/c21-16(14-2-1-9-23-14)19-15-4-3-13(12-18-15)17-5-6-20-7-10-22-11-8-20/h3-4,12,14,17H,1-2,5-11H2,(H,18,19,21). The van der Waals surface area contributed by atoms with Crippen molar-refractivity contribution in [1.82, 2.24) is 9.88 Å². The summed E-state index contributed by atoms with van der Waals surface area (Å²) in [5, 5.41) is 6.14. The van der Waals surface area contributed by atoms with Gasteiger partial charge in [0, 0.05) is 32.8 Å². The lowest BCUT2D eigenvalue weighted by atomic mass is 10.2. The van der Waals surface area contributed by atoms with Crippen LogP contribution in [0.25, 0.3) is 0 Å². The van der Waals surface area contributed by atoms with E-state index in [1.807, 2.05) is 12.1 Å². The lowest BCUT2D eigenvalue weighted by Gasteiger charge is -2.26. The van der Waals surface area contributed by atoms with Crippen molar-refractivity contribution in [3.05, 3.63) is 18.3 Å². The van der Waals surface area contributed by atoms with E-state index in [4.69, 9.17) is 9.47 Å². The van der Waals surface area contributed by atoms with Crippen molar-refractivity contribution in [3.63, 3.8) is 0 Å². The number of hydrogen-bond acceptors (Lipinski definition) is 6. The van der Waals surface area contributed by atoms with Gasteiger partial charge in [-0.3, -0.25) is 9.69 Å². The van der Waals surface area contributed by atoms with Gasteiger partial charge in [0.1, 0.15) is 11.9 Å². The van der Waals surface area contributed by atoms with E-state index in [0.29, 0.717) is 12.4 Å². The molecule has 1 aromatic heterocycles. The lowest BCUT2D eigenvalue weighted by Crippen LogP contribution is -2.39. The molecule has 0 aliphatic carbocycles. The van der Waals surface area contributed by atoms with E-state index in [-0.39, 0.29) is 12.0 Å². The number of rotatable bonds is 6. The van der Waals surface area contributed by atoms with Crippen LogP contribution >= 0.6 is 0 Å². The number of aromatic nitrogens is 1. The average Bonchev–Trinajstić information content (AvgIpc) is 3.12. The number of nitrogens with one attached hydrogen (secondary N) is 2. The molecule has 2 N–H and O–H groups in total. The maximum atomic E-state index is 11.9. The van der Waals surface area contributed by atoms with E-state index < -0.39 is 0 Å². The Bertz CT molecular complexity index is 497. The molecular formula is C16H24N4O3. The molecule has 1 amide bonds. The summed E-state index contributed by atoms with van der Waals surface area (Å²) in [6.45, 7) is 6.14. The van der Waals surface area contributed by atoms with Crippen molar-refractivity contribution in [3.8, 4) is 0 Å². The number of ether oxygens (including phenoxy) is 2. The smallest absolute Gasteiger partial charge is 0.254 e. The van der Waals surface area contributed by atoms with E-state index in [0.717, 1.165) is 57.9 Å². The highest BCUT2D eigenvalue weighted by Crippen LogP contribution is 2.15. The Hall–Kier alpha value is -1.70. The Morgan fingerprint density at radius 2 is 2.17 bits per heavy atom. The summed E-state index contributed by atoms with van der Waals surface area (Å²) in [5.41, 5.74) is 0.952. The van der Waals surface area contributed by atoms with E-state index in [1.54, 1.807) is 6.20 Å². The fraction of sp³-hybridized carbons (Fsp3) is 0.625. The molecule has 2 aliphatic heterocycles. The average molecular weight is 320 g/mol. The molecule has 0 aromatic carbocycles. The molecule has 1 aromatic rings. The zero-order valence-corrected chi connectivity index (χ0v) is 13.3. The molecule has 23 heavy (non-hydrogen) atoms. The van der Waals surface area contributed by atoms with E-state index in [2.05, 4.69) is 20.5 Å². The Balaban J connectivity index is 1.40. The first-order chi connectivity index (χ1) is 11.3. The minimum absolute atomic E-state index is 0.108. The lowest BCUT2D eigenvalue weighted by molar-refractivity contribution is -0.124. The minimum Gasteiger partial charge on any atom is -0.383 e. The largest absolute Gasteiger partial charge is 0.383 e. The molecule has 1 unspecified atom stereocenters. The number of pyridine rings is 1. The normalized spacial score (nSPS) is 22.0. The fourth-order valence-electron chi connectivity index (χ4n) is 2.75. The molecule has 0 spiro atoms. The molecule has 126 valence electrons. The minimum atomic E-state index is -0.330.